The van der Waals surface area contributed by atoms with Crippen molar-refractivity contribution >= 4 is 46.5 Å². The zero-order valence-corrected chi connectivity index (χ0v) is 35.3. The Morgan fingerprint density at radius 1 is 0.844 bits per heavy atom. The number of aromatic nitrogens is 2. The van der Waals surface area contributed by atoms with Gasteiger partial charge in [0.1, 0.15) is 6.04 Å². The van der Waals surface area contributed by atoms with Gasteiger partial charge in [0.05, 0.1) is 11.0 Å². The Morgan fingerprint density at radius 2 is 1.48 bits per heavy atom. The molecule has 4 amide bonds. The van der Waals surface area contributed by atoms with Gasteiger partial charge in [0, 0.05) is 42.2 Å². The molecule has 2 saturated carbocycles. The minimum atomic E-state index is -5.08. The lowest BCUT2D eigenvalue weighted by molar-refractivity contribution is -0.192. The zero-order chi connectivity index (χ0) is 46.9. The van der Waals surface area contributed by atoms with Gasteiger partial charge in [0.25, 0.3) is 5.91 Å². The highest BCUT2D eigenvalue weighted by atomic mass is 19.4. The summed E-state index contributed by atoms with van der Waals surface area (Å²) in [7, 11) is 4.18. The number of amides is 4. The Morgan fingerprint density at radius 3 is 2.05 bits per heavy atom. The molecule has 6 rings (SSSR count). The fraction of sp³-hybridized carbons (Fsp3) is 0.455. The van der Waals surface area contributed by atoms with Crippen LogP contribution in [0.25, 0.3) is 22.2 Å². The molecule has 0 spiro atoms. The van der Waals surface area contributed by atoms with Gasteiger partial charge < -0.3 is 41.4 Å². The molecule has 14 nitrogen and oxygen atoms in total. The smallest absolute Gasteiger partial charge is 0.475 e. The topological polar surface area (TPSA) is 206 Å². The highest BCUT2D eigenvalue weighted by molar-refractivity contribution is 5.99. The number of hydrogen-bond donors (Lipinski definition) is 7. The van der Waals surface area contributed by atoms with Crippen LogP contribution in [0.15, 0.2) is 60.7 Å². The molecule has 0 unspecified atom stereocenters. The number of carbonyl (C=O) groups is 5. The normalized spacial score (nSPS) is 19.5. The van der Waals surface area contributed by atoms with Gasteiger partial charge in [0.2, 0.25) is 17.6 Å². The van der Waals surface area contributed by atoms with Gasteiger partial charge in [-0.05, 0) is 131 Å². The second-order valence-corrected chi connectivity index (χ2v) is 16.4. The molecule has 0 radical (unpaired) electrons. The minimum Gasteiger partial charge on any atom is -0.475 e. The number of aryl methyl sites for hydroxylation is 1. The molecule has 2 aliphatic rings. The predicted molar refractivity (Wildman–Crippen MR) is 224 cm³/mol. The number of aromatic amines is 1. The molecule has 3 aromatic carbocycles. The summed E-state index contributed by atoms with van der Waals surface area (Å²) in [5, 5.41) is 27.3. The molecule has 346 valence electrons. The quantitative estimate of drug-likeness (QED) is 0.0701. The molecule has 64 heavy (non-hydrogen) atoms. The van der Waals surface area contributed by atoms with E-state index < -0.39 is 42.2 Å². The van der Waals surface area contributed by atoms with Crippen LogP contribution in [-0.2, 0) is 27.0 Å². The average Bonchev–Trinajstić information content (AvgIpc) is 3.68. The maximum atomic E-state index is 13.8. The Labute approximate surface area is 364 Å². The van der Waals surface area contributed by atoms with E-state index >= 15 is 0 Å². The van der Waals surface area contributed by atoms with E-state index in [4.69, 9.17) is 15.0 Å². The van der Waals surface area contributed by atoms with Crippen LogP contribution in [0.5, 0.6) is 0 Å². The van der Waals surface area contributed by atoms with Crippen molar-refractivity contribution in [2.24, 2.45) is 11.8 Å². The van der Waals surface area contributed by atoms with Gasteiger partial charge in [0.15, 0.2) is 0 Å². The number of nitrogens with zero attached hydrogens (tertiary/aromatic N) is 2. The standard InChI is InChI=1S/C42H50F3N7O5.C2HF3O2/c1-24-20-29(38(54)47-30-13-16-32(17-14-30)52(2)3)12-18-33(24)27-8-4-25(5-9-27)21-36(49-37(53)28-10-6-26(7-11-28)23-46-41(56)57)39(55)48-31-15-19-34-35(22-31)51-40(50-34)42(43,44)45;3-2(4,5)1(6)7/h4-5,8-9,12,15,18-20,22,26,28,30,32,36,46H,6-7,10-11,13-14,16-17,21,23H2,1-3H3,(H,47,54)(H,48,55)(H,49,53)(H,50,51)(H,56,57);(H,6,7)/t26-,28-,30?,32?,36-;/m0./s1. The maximum absolute atomic E-state index is 13.8. The van der Waals surface area contributed by atoms with Crippen LogP contribution in [0.3, 0.4) is 0 Å². The fourth-order valence-electron chi connectivity index (χ4n) is 8.00. The van der Waals surface area contributed by atoms with E-state index in [1.54, 1.807) is 0 Å². The molecule has 0 aliphatic heterocycles. The summed E-state index contributed by atoms with van der Waals surface area (Å²) in [5.74, 6) is -5.08. The SMILES string of the molecule is Cc1cc(C(=O)NC2CCC(N(C)C)CC2)ccc1-c1ccc(C[C@H](NC(=O)[C@H]2CC[C@H](CNC(=O)O)CC2)C(=O)Nc2ccc3[nH]c(C(F)(F)F)nc3c2)cc1.O=C(O)C(F)(F)F. The van der Waals surface area contributed by atoms with Crippen molar-refractivity contribution in [3.05, 3.63) is 83.2 Å². The van der Waals surface area contributed by atoms with Gasteiger partial charge >= 0.3 is 24.4 Å². The van der Waals surface area contributed by atoms with Crippen molar-refractivity contribution in [2.75, 3.05) is 26.0 Å². The van der Waals surface area contributed by atoms with E-state index in [1.165, 1.54) is 18.2 Å². The Hall–Kier alpha value is -6.18. The second kappa shape index (κ2) is 21.0. The van der Waals surface area contributed by atoms with E-state index in [2.05, 4.69) is 50.2 Å². The number of hydrogen-bond acceptors (Lipinski definition) is 7. The first kappa shape index (κ1) is 48.8. The van der Waals surface area contributed by atoms with Crippen LogP contribution >= 0.6 is 0 Å². The van der Waals surface area contributed by atoms with Crippen molar-refractivity contribution in [2.45, 2.75) is 95.2 Å². The predicted octanol–water partition coefficient (Wildman–Crippen LogP) is 7.53. The van der Waals surface area contributed by atoms with Crippen molar-refractivity contribution in [3.8, 4) is 11.1 Å². The summed E-state index contributed by atoms with van der Waals surface area (Å²) >= 11 is 0. The molecular weight excluding hydrogens is 853 g/mol. The fourth-order valence-corrected chi connectivity index (χ4v) is 8.00. The van der Waals surface area contributed by atoms with Crippen LogP contribution in [0.1, 0.15) is 78.7 Å². The molecule has 0 bridgehead atoms. The summed E-state index contributed by atoms with van der Waals surface area (Å²) in [5.41, 5.74) is 4.56. The lowest BCUT2D eigenvalue weighted by Crippen LogP contribution is -2.48. The number of benzene rings is 3. The van der Waals surface area contributed by atoms with E-state index in [0.29, 0.717) is 43.8 Å². The molecule has 7 N–H and O–H groups in total. The average molecular weight is 904 g/mol. The van der Waals surface area contributed by atoms with E-state index in [9.17, 15) is 45.5 Å². The summed E-state index contributed by atoms with van der Waals surface area (Å²) in [6, 6.07) is 17.1. The molecule has 2 fully saturated rings. The molecule has 4 aromatic rings. The molecule has 2 aliphatic carbocycles. The number of carboxylic acids is 1. The maximum Gasteiger partial charge on any atom is 0.490 e. The first-order valence-electron chi connectivity index (χ1n) is 20.7. The Balaban J connectivity index is 0.00000102. The third kappa shape index (κ3) is 13.7. The van der Waals surface area contributed by atoms with Crippen LogP contribution in [0.2, 0.25) is 0 Å². The number of fused-ring (bicyclic) bond motifs is 1. The lowest BCUT2D eigenvalue weighted by Gasteiger charge is -2.33. The summed E-state index contributed by atoms with van der Waals surface area (Å²) in [6.07, 6.45) is -4.31. The largest absolute Gasteiger partial charge is 0.490 e. The Bertz CT molecular complexity index is 2280. The number of anilines is 1. The molecule has 1 heterocycles. The molecule has 1 atom stereocenters. The highest BCUT2D eigenvalue weighted by Gasteiger charge is 2.38. The summed E-state index contributed by atoms with van der Waals surface area (Å²) < 4.78 is 71.5. The van der Waals surface area contributed by atoms with Crippen molar-refractivity contribution in [3.63, 3.8) is 0 Å². The number of halogens is 6. The number of carboxylic acid groups (broad SMARTS) is 2. The van der Waals surface area contributed by atoms with E-state index in [0.717, 1.165) is 47.9 Å². The minimum absolute atomic E-state index is 0.0249. The number of H-pyrrole nitrogens is 1. The first-order chi connectivity index (χ1) is 30.1. The van der Waals surface area contributed by atoms with Crippen LogP contribution < -0.4 is 21.3 Å². The Kier molecular flexibility index (Phi) is 16.0. The first-order valence-corrected chi connectivity index (χ1v) is 20.7. The number of nitrogens with one attached hydrogen (secondary N) is 5. The monoisotopic (exact) mass is 903 g/mol. The zero-order valence-electron chi connectivity index (χ0n) is 35.3. The van der Waals surface area contributed by atoms with Crippen molar-refractivity contribution < 1.29 is 60.5 Å². The van der Waals surface area contributed by atoms with Crippen molar-refractivity contribution in [1.82, 2.24) is 30.8 Å². The van der Waals surface area contributed by atoms with Gasteiger partial charge in [-0.3, -0.25) is 14.4 Å². The molecule has 20 heteroatoms. The summed E-state index contributed by atoms with van der Waals surface area (Å²) in [4.78, 5) is 68.4. The van der Waals surface area contributed by atoms with Gasteiger partial charge in [-0.1, -0.05) is 30.3 Å². The van der Waals surface area contributed by atoms with E-state index in [1.807, 2.05) is 49.4 Å². The van der Waals surface area contributed by atoms with Gasteiger partial charge in [-0.2, -0.15) is 26.3 Å². The summed E-state index contributed by atoms with van der Waals surface area (Å²) in [6.45, 7) is 2.27. The number of aliphatic carboxylic acids is 1. The third-order valence-electron chi connectivity index (χ3n) is 11.6. The number of alkyl halides is 6. The highest BCUT2D eigenvalue weighted by Crippen LogP contribution is 2.31. The van der Waals surface area contributed by atoms with Gasteiger partial charge in [-0.25, -0.2) is 14.6 Å². The van der Waals surface area contributed by atoms with Crippen LogP contribution in [0, 0.1) is 18.8 Å². The van der Waals surface area contributed by atoms with E-state index in [-0.39, 0.29) is 52.8 Å². The number of imidazole rings is 1. The van der Waals surface area contributed by atoms with Crippen LogP contribution in [-0.4, -0.2) is 99.8 Å². The third-order valence-corrected chi connectivity index (χ3v) is 11.6. The second-order valence-electron chi connectivity index (χ2n) is 16.4. The van der Waals surface area contributed by atoms with Gasteiger partial charge in [-0.15, -0.1) is 0 Å². The molecule has 0 saturated heterocycles. The number of carbonyl (C=O) groups excluding carboxylic acids is 3. The lowest BCUT2D eigenvalue weighted by atomic mass is 9.81. The van der Waals surface area contributed by atoms with Crippen molar-refractivity contribution in [1.29, 1.82) is 0 Å². The number of rotatable bonds is 12. The molecule has 1 aromatic heterocycles. The van der Waals surface area contributed by atoms with Crippen LogP contribution in [0.4, 0.5) is 36.8 Å². The molecular formula is C44H51F6N7O7.